The molecule has 6 nitrogen and oxygen atoms in total. The number of amides is 1. The summed E-state index contributed by atoms with van der Waals surface area (Å²) < 4.78 is 0. The SMILES string of the molecule is CCNC(=O)C(C)(C)CNC(=NC)N1CCN(c2ccccc2)CC1. The van der Waals surface area contributed by atoms with Crippen molar-refractivity contribution in [3.63, 3.8) is 0 Å². The van der Waals surface area contributed by atoms with Crippen LogP contribution in [0.15, 0.2) is 35.3 Å². The summed E-state index contributed by atoms with van der Waals surface area (Å²) in [5.74, 6) is 0.928. The van der Waals surface area contributed by atoms with Crippen LogP contribution in [-0.4, -0.2) is 63.1 Å². The number of benzene rings is 1. The molecule has 0 aromatic heterocycles. The van der Waals surface area contributed by atoms with Crippen molar-refractivity contribution in [2.24, 2.45) is 10.4 Å². The average molecular weight is 345 g/mol. The number of rotatable bonds is 5. The predicted octanol–water partition coefficient (Wildman–Crippen LogP) is 1.55. The van der Waals surface area contributed by atoms with Gasteiger partial charge in [-0.1, -0.05) is 18.2 Å². The van der Waals surface area contributed by atoms with E-state index in [4.69, 9.17) is 0 Å². The molecule has 1 aliphatic heterocycles. The summed E-state index contributed by atoms with van der Waals surface area (Å²) in [6.07, 6.45) is 0. The molecule has 1 heterocycles. The molecule has 0 saturated carbocycles. The third-order valence-electron chi connectivity index (χ3n) is 4.55. The Kier molecular flexibility index (Phi) is 6.67. The van der Waals surface area contributed by atoms with Crippen molar-refractivity contribution in [2.45, 2.75) is 20.8 Å². The fraction of sp³-hybridized carbons (Fsp3) is 0.579. The van der Waals surface area contributed by atoms with Gasteiger partial charge >= 0.3 is 0 Å². The van der Waals surface area contributed by atoms with E-state index in [1.54, 1.807) is 7.05 Å². The largest absolute Gasteiger partial charge is 0.368 e. The van der Waals surface area contributed by atoms with E-state index < -0.39 is 5.41 Å². The Morgan fingerprint density at radius 3 is 2.32 bits per heavy atom. The Hall–Kier alpha value is -2.24. The van der Waals surface area contributed by atoms with Gasteiger partial charge in [-0.15, -0.1) is 0 Å². The average Bonchev–Trinajstić information content (AvgIpc) is 2.63. The van der Waals surface area contributed by atoms with Crippen LogP contribution in [0.2, 0.25) is 0 Å². The summed E-state index contributed by atoms with van der Waals surface area (Å²) in [5.41, 5.74) is 0.792. The van der Waals surface area contributed by atoms with Crippen LogP contribution in [0.3, 0.4) is 0 Å². The molecule has 25 heavy (non-hydrogen) atoms. The second kappa shape index (κ2) is 8.74. The van der Waals surface area contributed by atoms with Crippen molar-refractivity contribution in [2.75, 3.05) is 51.2 Å². The molecule has 1 fully saturated rings. The lowest BCUT2D eigenvalue weighted by molar-refractivity contribution is -0.128. The molecule has 0 aliphatic carbocycles. The molecule has 1 amide bonds. The Balaban J connectivity index is 1.87. The molecule has 2 N–H and O–H groups in total. The van der Waals surface area contributed by atoms with Crippen molar-refractivity contribution in [1.82, 2.24) is 15.5 Å². The van der Waals surface area contributed by atoms with Crippen LogP contribution in [0.1, 0.15) is 20.8 Å². The summed E-state index contributed by atoms with van der Waals surface area (Å²) >= 11 is 0. The Morgan fingerprint density at radius 2 is 1.76 bits per heavy atom. The van der Waals surface area contributed by atoms with Gasteiger partial charge in [0.25, 0.3) is 0 Å². The highest BCUT2D eigenvalue weighted by atomic mass is 16.2. The standard InChI is InChI=1S/C19H31N5O/c1-5-21-17(25)19(2,3)15-22-18(20-4)24-13-11-23(12-14-24)16-9-7-6-8-10-16/h6-10H,5,11-15H2,1-4H3,(H,20,22)(H,21,25). The van der Waals surface area contributed by atoms with Crippen LogP contribution >= 0.6 is 0 Å². The summed E-state index contributed by atoms with van der Waals surface area (Å²) in [4.78, 5) is 21.2. The molecule has 0 spiro atoms. The molecule has 6 heteroatoms. The zero-order chi connectivity index (χ0) is 18.3. The number of aliphatic imine (C=N–C) groups is 1. The molecule has 1 aromatic carbocycles. The lowest BCUT2D eigenvalue weighted by Crippen LogP contribution is -2.54. The molecule has 0 unspecified atom stereocenters. The first-order valence-electron chi connectivity index (χ1n) is 9.02. The second-order valence-corrected chi connectivity index (χ2v) is 6.95. The van der Waals surface area contributed by atoms with E-state index in [1.807, 2.05) is 26.8 Å². The first-order valence-corrected chi connectivity index (χ1v) is 9.02. The van der Waals surface area contributed by atoms with Gasteiger partial charge in [0.2, 0.25) is 5.91 Å². The molecule has 1 aromatic rings. The van der Waals surface area contributed by atoms with E-state index in [0.717, 1.165) is 32.1 Å². The first-order chi connectivity index (χ1) is 12.0. The van der Waals surface area contributed by atoms with E-state index in [9.17, 15) is 4.79 Å². The number of carbonyl (C=O) groups is 1. The van der Waals surface area contributed by atoms with Gasteiger partial charge < -0.3 is 20.4 Å². The second-order valence-electron chi connectivity index (χ2n) is 6.95. The number of para-hydroxylation sites is 1. The van der Waals surface area contributed by atoms with E-state index in [0.29, 0.717) is 13.1 Å². The minimum atomic E-state index is -0.474. The van der Waals surface area contributed by atoms with Crippen LogP contribution in [0.25, 0.3) is 0 Å². The fourth-order valence-electron chi connectivity index (χ4n) is 2.93. The highest BCUT2D eigenvalue weighted by molar-refractivity contribution is 5.84. The van der Waals surface area contributed by atoms with E-state index in [-0.39, 0.29) is 5.91 Å². The van der Waals surface area contributed by atoms with Crippen molar-refractivity contribution in [3.05, 3.63) is 30.3 Å². The molecular weight excluding hydrogens is 314 g/mol. The number of hydrogen-bond acceptors (Lipinski definition) is 3. The first kappa shape index (κ1) is 19.1. The van der Waals surface area contributed by atoms with Crippen LogP contribution in [0.4, 0.5) is 5.69 Å². The summed E-state index contributed by atoms with van der Waals surface area (Å²) in [7, 11) is 1.80. The zero-order valence-electron chi connectivity index (χ0n) is 15.9. The number of guanidine groups is 1. The lowest BCUT2D eigenvalue weighted by atomic mass is 9.92. The van der Waals surface area contributed by atoms with Crippen LogP contribution in [-0.2, 0) is 4.79 Å². The number of nitrogens with zero attached hydrogens (tertiary/aromatic N) is 3. The van der Waals surface area contributed by atoms with Crippen LogP contribution < -0.4 is 15.5 Å². The molecule has 0 radical (unpaired) electrons. The van der Waals surface area contributed by atoms with Gasteiger partial charge in [-0.25, -0.2) is 0 Å². The molecule has 138 valence electrons. The normalized spacial score (nSPS) is 15.9. The number of anilines is 1. The molecular formula is C19H31N5O. The molecule has 1 saturated heterocycles. The van der Waals surface area contributed by atoms with Crippen molar-refractivity contribution in [3.8, 4) is 0 Å². The fourth-order valence-corrected chi connectivity index (χ4v) is 2.93. The number of nitrogens with one attached hydrogen (secondary N) is 2. The van der Waals surface area contributed by atoms with Gasteiger partial charge in [0.1, 0.15) is 0 Å². The molecule has 0 bridgehead atoms. The van der Waals surface area contributed by atoms with Gasteiger partial charge in [0.15, 0.2) is 5.96 Å². The van der Waals surface area contributed by atoms with Crippen molar-refractivity contribution >= 4 is 17.6 Å². The van der Waals surface area contributed by atoms with Gasteiger partial charge in [-0.3, -0.25) is 9.79 Å². The zero-order valence-corrected chi connectivity index (χ0v) is 15.9. The van der Waals surface area contributed by atoms with Gasteiger partial charge in [-0.2, -0.15) is 0 Å². The smallest absolute Gasteiger partial charge is 0.227 e. The van der Waals surface area contributed by atoms with Gasteiger partial charge in [-0.05, 0) is 32.9 Å². The summed E-state index contributed by atoms with van der Waals surface area (Å²) in [6.45, 7) is 10.8. The maximum absolute atomic E-state index is 12.1. The van der Waals surface area contributed by atoms with E-state index in [2.05, 4.69) is 49.7 Å². The predicted molar refractivity (Wildman–Crippen MR) is 104 cm³/mol. The Morgan fingerprint density at radius 1 is 1.12 bits per heavy atom. The maximum atomic E-state index is 12.1. The van der Waals surface area contributed by atoms with Gasteiger partial charge in [0, 0.05) is 52.0 Å². The van der Waals surface area contributed by atoms with Crippen molar-refractivity contribution < 1.29 is 4.79 Å². The Labute approximate surface area is 151 Å². The number of hydrogen-bond donors (Lipinski definition) is 2. The summed E-state index contributed by atoms with van der Waals surface area (Å²) in [5, 5.41) is 6.26. The number of piperazine rings is 1. The molecule has 2 rings (SSSR count). The maximum Gasteiger partial charge on any atom is 0.227 e. The third-order valence-corrected chi connectivity index (χ3v) is 4.55. The van der Waals surface area contributed by atoms with Crippen LogP contribution in [0, 0.1) is 5.41 Å². The lowest BCUT2D eigenvalue weighted by Gasteiger charge is -2.38. The third kappa shape index (κ3) is 5.11. The summed E-state index contributed by atoms with van der Waals surface area (Å²) in [6, 6.07) is 10.5. The Bertz CT molecular complexity index is 577. The topological polar surface area (TPSA) is 60.0 Å². The van der Waals surface area contributed by atoms with E-state index in [1.165, 1.54) is 5.69 Å². The number of carbonyl (C=O) groups excluding carboxylic acids is 1. The van der Waals surface area contributed by atoms with Crippen molar-refractivity contribution in [1.29, 1.82) is 0 Å². The highest BCUT2D eigenvalue weighted by Gasteiger charge is 2.28. The minimum Gasteiger partial charge on any atom is -0.368 e. The monoisotopic (exact) mass is 345 g/mol. The molecule has 0 atom stereocenters. The minimum absolute atomic E-state index is 0.0619. The quantitative estimate of drug-likeness (QED) is 0.628. The van der Waals surface area contributed by atoms with Crippen LogP contribution in [0.5, 0.6) is 0 Å². The van der Waals surface area contributed by atoms with Gasteiger partial charge in [0.05, 0.1) is 5.41 Å². The highest BCUT2D eigenvalue weighted by Crippen LogP contribution is 2.16. The molecule has 1 aliphatic rings. The van der Waals surface area contributed by atoms with E-state index >= 15 is 0 Å².